The van der Waals surface area contributed by atoms with Crippen molar-refractivity contribution in [1.29, 1.82) is 0 Å². The van der Waals surface area contributed by atoms with E-state index in [9.17, 15) is 4.79 Å². The van der Waals surface area contributed by atoms with Crippen molar-refractivity contribution in [2.45, 2.75) is 113 Å². The fourth-order valence-corrected chi connectivity index (χ4v) is 9.38. The quantitative estimate of drug-likeness (QED) is 0.386. The van der Waals surface area contributed by atoms with Gasteiger partial charge in [0.05, 0.1) is 5.41 Å². The lowest BCUT2D eigenvalue weighted by atomic mass is 9.54. The zero-order valence-corrected chi connectivity index (χ0v) is 23.7. The van der Waals surface area contributed by atoms with Crippen molar-refractivity contribution in [3.8, 4) is 0 Å². The number of rotatable bonds is 9. The standard InChI is InChI=1S/C31H56N2O/c1-8-13-29(5,6)25(22(2)3)10-9-24-23(4)11-14-31(28(34)33-20-18-32-19-21-33)15-12-26(27(24)31)30(7)16-17-30/h22-27,32H,8-21H2,1-7H3. The minimum Gasteiger partial charge on any atom is -0.340 e. The molecule has 0 aromatic heterocycles. The number of hydrogen-bond donors (Lipinski definition) is 1. The predicted octanol–water partition coefficient (Wildman–Crippen LogP) is 7.16. The molecule has 34 heavy (non-hydrogen) atoms. The zero-order valence-electron chi connectivity index (χ0n) is 23.7. The van der Waals surface area contributed by atoms with Gasteiger partial charge in [0.2, 0.25) is 5.91 Å². The molecule has 3 aliphatic carbocycles. The van der Waals surface area contributed by atoms with Crippen molar-refractivity contribution in [1.82, 2.24) is 10.2 Å². The van der Waals surface area contributed by atoms with Crippen LogP contribution >= 0.6 is 0 Å². The molecular weight excluding hydrogens is 416 g/mol. The van der Waals surface area contributed by atoms with E-state index in [4.69, 9.17) is 0 Å². The number of amides is 1. The van der Waals surface area contributed by atoms with Gasteiger partial charge in [0.1, 0.15) is 0 Å². The Morgan fingerprint density at radius 1 is 1.09 bits per heavy atom. The summed E-state index contributed by atoms with van der Waals surface area (Å²) >= 11 is 0. The normalized spacial score (nSPS) is 36.4. The Hall–Kier alpha value is -0.570. The summed E-state index contributed by atoms with van der Waals surface area (Å²) in [6.45, 7) is 21.1. The number of carbonyl (C=O) groups excluding carboxylic acids is 1. The number of fused-ring (bicyclic) bond motifs is 1. The van der Waals surface area contributed by atoms with E-state index in [0.717, 1.165) is 62.2 Å². The van der Waals surface area contributed by atoms with E-state index in [1.54, 1.807) is 0 Å². The van der Waals surface area contributed by atoms with E-state index in [2.05, 4.69) is 58.7 Å². The van der Waals surface area contributed by atoms with Gasteiger partial charge in [-0.3, -0.25) is 4.79 Å². The van der Waals surface area contributed by atoms with Crippen LogP contribution in [0.3, 0.4) is 0 Å². The van der Waals surface area contributed by atoms with Crippen LogP contribution in [0, 0.1) is 51.8 Å². The molecular formula is C31H56N2O. The van der Waals surface area contributed by atoms with Gasteiger partial charge in [-0.05, 0) is 104 Å². The Balaban J connectivity index is 1.61. The molecule has 4 rings (SSSR count). The monoisotopic (exact) mass is 472 g/mol. The molecule has 0 bridgehead atoms. The summed E-state index contributed by atoms with van der Waals surface area (Å²) < 4.78 is 0. The van der Waals surface area contributed by atoms with Crippen LogP contribution in [-0.2, 0) is 4.79 Å². The van der Waals surface area contributed by atoms with E-state index in [1.165, 1.54) is 57.8 Å². The van der Waals surface area contributed by atoms with Crippen molar-refractivity contribution in [3.63, 3.8) is 0 Å². The van der Waals surface area contributed by atoms with Gasteiger partial charge in [0.15, 0.2) is 0 Å². The molecule has 0 spiro atoms. The smallest absolute Gasteiger partial charge is 0.229 e. The van der Waals surface area contributed by atoms with E-state index in [1.807, 2.05) is 0 Å². The Labute approximate surface area is 211 Å². The highest BCUT2D eigenvalue weighted by Crippen LogP contribution is 2.69. The zero-order chi connectivity index (χ0) is 24.7. The minimum atomic E-state index is -0.0585. The predicted molar refractivity (Wildman–Crippen MR) is 144 cm³/mol. The number of carbonyl (C=O) groups is 1. The van der Waals surface area contributed by atoms with Crippen molar-refractivity contribution in [2.24, 2.45) is 51.8 Å². The molecule has 3 saturated carbocycles. The summed E-state index contributed by atoms with van der Waals surface area (Å²) in [5, 5.41) is 3.46. The van der Waals surface area contributed by atoms with Crippen molar-refractivity contribution in [3.05, 3.63) is 0 Å². The maximum atomic E-state index is 14.3. The van der Waals surface area contributed by atoms with E-state index < -0.39 is 0 Å². The number of piperazine rings is 1. The second kappa shape index (κ2) is 10.1. The summed E-state index contributed by atoms with van der Waals surface area (Å²) in [6.07, 6.45) is 13.0. The van der Waals surface area contributed by atoms with Gasteiger partial charge < -0.3 is 10.2 Å². The molecule has 1 aliphatic heterocycles. The summed E-state index contributed by atoms with van der Waals surface area (Å²) in [5.41, 5.74) is 0.869. The van der Waals surface area contributed by atoms with Crippen LogP contribution in [0.25, 0.3) is 0 Å². The fraction of sp³-hybridized carbons (Fsp3) is 0.968. The third-order valence-electron chi connectivity index (χ3n) is 11.5. The first kappa shape index (κ1) is 26.5. The molecule has 1 heterocycles. The topological polar surface area (TPSA) is 32.3 Å². The molecule has 6 unspecified atom stereocenters. The first-order chi connectivity index (χ1) is 16.1. The van der Waals surface area contributed by atoms with Crippen molar-refractivity contribution >= 4 is 5.91 Å². The SMILES string of the molecule is CCCC(C)(C)C(CCC1C(C)CCC2(C(=O)N3CCNCC3)CCC(C3(C)CC3)C12)C(C)C. The molecule has 0 aromatic carbocycles. The molecule has 3 nitrogen and oxygen atoms in total. The average Bonchev–Trinajstić information content (AvgIpc) is 3.41. The van der Waals surface area contributed by atoms with Gasteiger partial charge in [-0.15, -0.1) is 0 Å². The Morgan fingerprint density at radius 3 is 2.32 bits per heavy atom. The van der Waals surface area contributed by atoms with Crippen LogP contribution in [0.5, 0.6) is 0 Å². The molecule has 196 valence electrons. The first-order valence-corrected chi connectivity index (χ1v) is 15.1. The Bertz CT molecular complexity index is 704. The highest BCUT2D eigenvalue weighted by molar-refractivity contribution is 5.84. The number of nitrogens with zero attached hydrogens (tertiary/aromatic N) is 1. The van der Waals surface area contributed by atoms with Gasteiger partial charge in [-0.2, -0.15) is 0 Å². The molecule has 3 heteroatoms. The maximum Gasteiger partial charge on any atom is 0.229 e. The highest BCUT2D eigenvalue weighted by atomic mass is 16.2. The van der Waals surface area contributed by atoms with Crippen LogP contribution < -0.4 is 5.32 Å². The third kappa shape index (κ3) is 4.85. The van der Waals surface area contributed by atoms with Crippen molar-refractivity contribution in [2.75, 3.05) is 26.2 Å². The maximum absolute atomic E-state index is 14.3. The van der Waals surface area contributed by atoms with Gasteiger partial charge in [-0.25, -0.2) is 0 Å². The van der Waals surface area contributed by atoms with E-state index in [-0.39, 0.29) is 5.41 Å². The third-order valence-corrected chi connectivity index (χ3v) is 11.5. The Morgan fingerprint density at radius 2 is 1.74 bits per heavy atom. The number of nitrogens with one attached hydrogen (secondary N) is 1. The van der Waals surface area contributed by atoms with Gasteiger partial charge in [0.25, 0.3) is 0 Å². The Kier molecular flexibility index (Phi) is 7.84. The molecule has 1 N–H and O–H groups in total. The second-order valence-corrected chi connectivity index (χ2v) is 14.4. The molecule has 0 aromatic rings. The second-order valence-electron chi connectivity index (χ2n) is 14.4. The van der Waals surface area contributed by atoms with Crippen LogP contribution in [0.2, 0.25) is 0 Å². The van der Waals surface area contributed by atoms with Crippen LogP contribution in [-0.4, -0.2) is 37.0 Å². The lowest BCUT2D eigenvalue weighted by Crippen LogP contribution is -2.56. The van der Waals surface area contributed by atoms with Gasteiger partial charge >= 0.3 is 0 Å². The van der Waals surface area contributed by atoms with Crippen LogP contribution in [0.1, 0.15) is 113 Å². The van der Waals surface area contributed by atoms with Gasteiger partial charge in [-0.1, -0.05) is 54.9 Å². The molecule has 4 aliphatic rings. The fourth-order valence-electron chi connectivity index (χ4n) is 9.38. The number of hydrogen-bond acceptors (Lipinski definition) is 2. The average molecular weight is 473 g/mol. The minimum absolute atomic E-state index is 0.0585. The first-order valence-electron chi connectivity index (χ1n) is 15.1. The molecule has 0 radical (unpaired) electrons. The van der Waals surface area contributed by atoms with Gasteiger partial charge in [0, 0.05) is 26.2 Å². The summed E-state index contributed by atoms with van der Waals surface area (Å²) in [6, 6.07) is 0. The largest absolute Gasteiger partial charge is 0.340 e. The van der Waals surface area contributed by atoms with Crippen molar-refractivity contribution < 1.29 is 4.79 Å². The molecule has 1 amide bonds. The lowest BCUT2D eigenvalue weighted by molar-refractivity contribution is -0.153. The molecule has 6 atom stereocenters. The molecule has 1 saturated heterocycles. The highest BCUT2D eigenvalue weighted by Gasteiger charge is 2.64. The van der Waals surface area contributed by atoms with Crippen LogP contribution in [0.4, 0.5) is 0 Å². The summed E-state index contributed by atoms with van der Waals surface area (Å²) in [7, 11) is 0. The van der Waals surface area contributed by atoms with E-state index >= 15 is 0 Å². The van der Waals surface area contributed by atoms with Crippen LogP contribution in [0.15, 0.2) is 0 Å². The summed E-state index contributed by atoms with van der Waals surface area (Å²) in [5.74, 6) is 4.93. The summed E-state index contributed by atoms with van der Waals surface area (Å²) in [4.78, 5) is 16.6. The van der Waals surface area contributed by atoms with E-state index in [0.29, 0.717) is 22.7 Å². The lowest BCUT2D eigenvalue weighted by Gasteiger charge is -2.51. The molecule has 4 fully saturated rings.